The Morgan fingerprint density at radius 3 is 3.00 bits per heavy atom. The second-order valence-electron chi connectivity index (χ2n) is 5.46. The molecule has 2 aromatic rings. The van der Waals surface area contributed by atoms with E-state index in [2.05, 4.69) is 9.97 Å². The van der Waals surface area contributed by atoms with Gasteiger partial charge in [-0.15, -0.1) is 0 Å². The summed E-state index contributed by atoms with van der Waals surface area (Å²) in [5.41, 5.74) is 5.52. The van der Waals surface area contributed by atoms with Crippen LogP contribution in [0.2, 0.25) is 0 Å². The molecule has 1 atom stereocenters. The number of nitrogens with zero attached hydrogens (tertiary/aromatic N) is 3. The first-order valence-corrected chi connectivity index (χ1v) is 7.88. The Balaban J connectivity index is 2.17. The van der Waals surface area contributed by atoms with Crippen molar-refractivity contribution < 1.29 is 40.9 Å². The lowest BCUT2D eigenvalue weighted by Crippen LogP contribution is -2.36. The monoisotopic (exact) mass is 405 g/mol. The number of ether oxygens (including phenoxy) is 3. The summed E-state index contributed by atoms with van der Waals surface area (Å²) in [7, 11) is -6.23. The average molecular weight is 406 g/mol. The Labute approximate surface area is 186 Å². The van der Waals surface area contributed by atoms with Crippen molar-refractivity contribution in [3.63, 3.8) is 0 Å². The number of amides is 1. The molecule has 0 spiro atoms. The number of rotatable bonds is 8. The molecule has 0 radical (unpaired) electrons. The second kappa shape index (κ2) is 8.92. The highest BCUT2D eigenvalue weighted by molar-refractivity contribution is 5.91. The van der Waals surface area contributed by atoms with Crippen LogP contribution in [0.15, 0.2) is 12.1 Å². The summed E-state index contributed by atoms with van der Waals surface area (Å²) in [4.78, 5) is 19.9. The van der Waals surface area contributed by atoms with Gasteiger partial charge < -0.3 is 30.2 Å². The van der Waals surface area contributed by atoms with Crippen LogP contribution in [0, 0.1) is 0 Å². The molecular weight excluding hydrogens is 362 g/mol. The fraction of sp³-hybridized carbons (Fsp3) is 0.526. The van der Waals surface area contributed by atoms with Crippen molar-refractivity contribution in [1.82, 2.24) is 15.3 Å². The van der Waals surface area contributed by atoms with Gasteiger partial charge in [-0.1, -0.05) is 0 Å². The van der Waals surface area contributed by atoms with E-state index in [1.54, 1.807) is 5.32 Å². The first kappa shape index (κ1) is 7.90. The van der Waals surface area contributed by atoms with E-state index in [0.717, 1.165) is 12.1 Å². The molecule has 3 rings (SSSR count). The summed E-state index contributed by atoms with van der Waals surface area (Å²) in [5, 5.41) is 1.36. The van der Waals surface area contributed by atoms with Crippen LogP contribution in [-0.4, -0.2) is 62.6 Å². The van der Waals surface area contributed by atoms with Gasteiger partial charge in [-0.2, -0.15) is 4.98 Å². The second-order valence-corrected chi connectivity index (χ2v) is 5.46. The molecule has 28 heavy (non-hydrogen) atoms. The first-order chi connectivity index (χ1) is 19.6. The van der Waals surface area contributed by atoms with Gasteiger partial charge in [0, 0.05) is 50.4 Å². The molecule has 152 valence electrons. The number of hydrogen-bond acceptors (Lipinski definition) is 8. The molecule has 1 unspecified atom stereocenters. The Morgan fingerprint density at radius 2 is 2.29 bits per heavy atom. The number of carbonyl (C=O) groups is 1. The number of benzene rings is 1. The van der Waals surface area contributed by atoms with Crippen LogP contribution in [-0.2, 0) is 9.53 Å². The fourth-order valence-corrected chi connectivity index (χ4v) is 2.38. The maximum atomic E-state index is 12.6. The van der Waals surface area contributed by atoms with Crippen LogP contribution in [0.3, 0.4) is 0 Å². The Bertz CT molecular complexity index is 1410. The zero-order valence-electron chi connectivity index (χ0n) is 30.3. The van der Waals surface area contributed by atoms with Crippen LogP contribution >= 0.6 is 0 Å². The summed E-state index contributed by atoms with van der Waals surface area (Å²) in [6, 6.07) is 1.67. The van der Waals surface area contributed by atoms with E-state index in [-0.39, 0.29) is 29.7 Å². The zero-order chi connectivity index (χ0) is 33.9. The lowest BCUT2D eigenvalue weighted by atomic mass is 10.2. The largest absolute Gasteiger partial charge is 0.493 e. The van der Waals surface area contributed by atoms with Crippen molar-refractivity contribution >= 4 is 28.6 Å². The van der Waals surface area contributed by atoms with Gasteiger partial charge in [0.25, 0.3) is 0 Å². The Hall–Kier alpha value is -2.81. The van der Waals surface area contributed by atoms with Gasteiger partial charge >= 0.3 is 0 Å². The maximum Gasteiger partial charge on any atom is 0.249 e. The van der Waals surface area contributed by atoms with Gasteiger partial charge in [-0.3, -0.25) is 4.79 Å². The molecule has 0 saturated carbocycles. The first-order valence-electron chi connectivity index (χ1n) is 15.9. The van der Waals surface area contributed by atoms with Crippen molar-refractivity contribution in [2.45, 2.75) is 25.3 Å². The molecule has 9 nitrogen and oxygen atoms in total. The molecule has 1 aromatic heterocycles. The fourth-order valence-electron chi connectivity index (χ4n) is 2.38. The summed E-state index contributed by atoms with van der Waals surface area (Å²) in [6.45, 7) is -11.2. The number of carbonyl (C=O) groups excluding carboxylic acids is 1. The van der Waals surface area contributed by atoms with E-state index in [1.807, 2.05) is 0 Å². The number of nitrogen functional groups attached to an aromatic ring is 1. The number of methoxy groups -OCH3 is 2. The number of aromatic nitrogens is 2. The van der Waals surface area contributed by atoms with Gasteiger partial charge in [-0.05, 0) is 25.3 Å². The minimum Gasteiger partial charge on any atom is -0.493 e. The molecule has 1 aromatic carbocycles. The van der Waals surface area contributed by atoms with E-state index in [1.165, 1.54) is 0 Å². The highest BCUT2D eigenvalue weighted by atomic mass is 16.5. The topological polar surface area (TPSA) is 112 Å². The molecule has 1 aliphatic rings. The zero-order valence-corrected chi connectivity index (χ0v) is 14.3. The van der Waals surface area contributed by atoms with Gasteiger partial charge in [0.05, 0.1) is 29.2 Å². The highest BCUT2D eigenvalue weighted by Gasteiger charge is 2.22. The summed E-state index contributed by atoms with van der Waals surface area (Å²) >= 11 is 0. The quantitative estimate of drug-likeness (QED) is 0.677. The van der Waals surface area contributed by atoms with Crippen molar-refractivity contribution in [2.75, 3.05) is 51.3 Å². The highest BCUT2D eigenvalue weighted by Crippen LogP contribution is 2.33. The summed E-state index contributed by atoms with van der Waals surface area (Å²) in [5.74, 6) is -4.54. The average Bonchev–Trinajstić information content (AvgIpc) is 3.24. The number of anilines is 2. The SMILES string of the molecule is [2H]C([2H])([2H])Oc1cc2nc(N(C([2H])([2H])[2H])C([2H])([2H])C([2H])([2H])C([2H])([2H])NC(=O)C3([2H])CCCO3)nc(N)c2cc1OC([2H])([2H])[2H]. The Kier molecular flexibility index (Phi) is 2.52. The normalized spacial score (nSPS) is 30.1. The molecule has 1 amide bonds. The van der Waals surface area contributed by atoms with Crippen molar-refractivity contribution in [3.8, 4) is 11.5 Å². The lowest BCUT2D eigenvalue weighted by molar-refractivity contribution is -0.130. The third-order valence-corrected chi connectivity index (χ3v) is 3.68. The molecular formula is C19H27N5O4. The molecule has 3 N–H and O–H groups in total. The third-order valence-electron chi connectivity index (χ3n) is 3.68. The summed E-state index contributed by atoms with van der Waals surface area (Å²) < 4.78 is 141. The minimum absolute atomic E-state index is 0.00979. The lowest BCUT2D eigenvalue weighted by Gasteiger charge is -2.19. The maximum absolute atomic E-state index is 12.6. The number of nitrogens with two attached hydrogens (primary N) is 1. The van der Waals surface area contributed by atoms with E-state index in [4.69, 9.17) is 41.9 Å². The molecule has 1 saturated heterocycles. The standard InChI is InChI=1S/C19H27N5O4/c1-24(8-5-7-21-18(25)14-6-4-9-28-14)19-22-13-11-16(27-3)15(26-2)10-12(13)17(20)23-19/h10-11,14H,4-9H2,1-3H3,(H,21,25)(H2,20,22,23)/i1D3,2D3,3D3,5D2,7D2,8D2,14D. The predicted octanol–water partition coefficient (Wildman–Crippen LogP) is 1.35. The van der Waals surface area contributed by atoms with Crippen LogP contribution in [0.1, 0.15) is 41.1 Å². The predicted molar refractivity (Wildman–Crippen MR) is 107 cm³/mol. The van der Waals surface area contributed by atoms with Gasteiger partial charge in [0.2, 0.25) is 11.9 Å². The van der Waals surface area contributed by atoms with Crippen LogP contribution in [0.4, 0.5) is 11.8 Å². The smallest absolute Gasteiger partial charge is 0.249 e. The van der Waals surface area contributed by atoms with E-state index >= 15 is 0 Å². The molecule has 0 aliphatic carbocycles. The van der Waals surface area contributed by atoms with Crippen molar-refractivity contribution in [1.29, 1.82) is 0 Å². The van der Waals surface area contributed by atoms with Crippen LogP contribution < -0.4 is 25.4 Å². The molecule has 1 fully saturated rings. The van der Waals surface area contributed by atoms with Crippen LogP contribution in [0.5, 0.6) is 11.5 Å². The Morgan fingerprint density at radius 1 is 1.46 bits per heavy atom. The van der Waals surface area contributed by atoms with Crippen molar-refractivity contribution in [2.24, 2.45) is 0 Å². The van der Waals surface area contributed by atoms with Crippen molar-refractivity contribution in [3.05, 3.63) is 12.1 Å². The van der Waals surface area contributed by atoms with Crippen LogP contribution in [0.25, 0.3) is 10.9 Å². The molecule has 2 heterocycles. The van der Waals surface area contributed by atoms with E-state index in [9.17, 15) is 4.79 Å². The molecule has 0 bridgehead atoms. The molecule has 1 aliphatic heterocycles. The number of hydrogen-bond donors (Lipinski definition) is 2. The number of nitrogens with one attached hydrogen (secondary N) is 1. The van der Waals surface area contributed by atoms with Gasteiger partial charge in [0.1, 0.15) is 11.9 Å². The van der Waals surface area contributed by atoms with E-state index < -0.39 is 81.2 Å². The third kappa shape index (κ3) is 4.36. The van der Waals surface area contributed by atoms with Gasteiger partial charge in [-0.25, -0.2) is 4.98 Å². The van der Waals surface area contributed by atoms with Gasteiger partial charge in [0.15, 0.2) is 11.5 Å². The molecule has 9 heteroatoms. The summed E-state index contributed by atoms with van der Waals surface area (Å²) in [6.07, 6.45) is -6.10. The van der Waals surface area contributed by atoms with E-state index in [0.29, 0.717) is 0 Å². The minimum atomic E-state index is -3.92. The number of fused-ring (bicyclic) bond motifs is 1.